The summed E-state index contributed by atoms with van der Waals surface area (Å²) in [7, 11) is 0. The van der Waals surface area contributed by atoms with Gasteiger partial charge in [0.1, 0.15) is 11.2 Å². The van der Waals surface area contributed by atoms with E-state index in [1.54, 1.807) is 0 Å². The first-order chi connectivity index (χ1) is 19.2. The number of furan rings is 1. The second-order valence-corrected chi connectivity index (χ2v) is 10.3. The van der Waals surface area contributed by atoms with E-state index in [1.807, 2.05) is 12.1 Å². The SMILES string of the molecule is Cc1cccc2c3ccccc3n(-c3ccc(-c4ccc(-c5ccc6c(c5)oc5ccccc56)cc4)cc3)c12. The van der Waals surface area contributed by atoms with Crippen LogP contribution in [-0.4, -0.2) is 4.57 Å². The number of hydrogen-bond acceptors (Lipinski definition) is 1. The molecule has 6 aromatic carbocycles. The van der Waals surface area contributed by atoms with Crippen LogP contribution in [0, 0.1) is 6.92 Å². The number of aromatic nitrogens is 1. The Morgan fingerprint density at radius 3 is 1.85 bits per heavy atom. The van der Waals surface area contributed by atoms with Crippen molar-refractivity contribution >= 4 is 43.7 Å². The Morgan fingerprint density at radius 1 is 0.462 bits per heavy atom. The van der Waals surface area contributed by atoms with E-state index in [-0.39, 0.29) is 0 Å². The van der Waals surface area contributed by atoms with Crippen molar-refractivity contribution in [1.29, 1.82) is 0 Å². The van der Waals surface area contributed by atoms with Crippen LogP contribution in [0.25, 0.3) is 71.7 Å². The second-order valence-electron chi connectivity index (χ2n) is 10.3. The van der Waals surface area contributed by atoms with Crippen LogP contribution >= 0.6 is 0 Å². The molecule has 0 unspecified atom stereocenters. The van der Waals surface area contributed by atoms with Crippen molar-refractivity contribution < 1.29 is 4.42 Å². The Hall–Kier alpha value is -5.08. The summed E-state index contributed by atoms with van der Waals surface area (Å²) in [5.74, 6) is 0. The van der Waals surface area contributed by atoms with Crippen molar-refractivity contribution in [2.24, 2.45) is 0 Å². The molecule has 0 radical (unpaired) electrons. The van der Waals surface area contributed by atoms with Crippen LogP contribution in [0.3, 0.4) is 0 Å². The molecule has 39 heavy (non-hydrogen) atoms. The molecule has 2 nitrogen and oxygen atoms in total. The maximum atomic E-state index is 6.11. The summed E-state index contributed by atoms with van der Waals surface area (Å²) in [5.41, 5.74) is 11.6. The Labute approximate surface area is 226 Å². The minimum atomic E-state index is 0.925. The first-order valence-corrected chi connectivity index (χ1v) is 13.4. The van der Waals surface area contributed by atoms with Gasteiger partial charge in [0.05, 0.1) is 11.0 Å². The van der Waals surface area contributed by atoms with Crippen molar-refractivity contribution in [3.05, 3.63) is 139 Å². The van der Waals surface area contributed by atoms with Gasteiger partial charge in [0.25, 0.3) is 0 Å². The number of fused-ring (bicyclic) bond motifs is 6. The fourth-order valence-corrected chi connectivity index (χ4v) is 6.02. The van der Waals surface area contributed by atoms with E-state index in [1.165, 1.54) is 49.7 Å². The van der Waals surface area contributed by atoms with Crippen LogP contribution in [0.2, 0.25) is 0 Å². The molecule has 0 bridgehead atoms. The highest BCUT2D eigenvalue weighted by molar-refractivity contribution is 6.10. The van der Waals surface area contributed by atoms with Gasteiger partial charge in [-0.3, -0.25) is 0 Å². The molecule has 2 heterocycles. The summed E-state index contributed by atoms with van der Waals surface area (Å²) in [6.45, 7) is 2.19. The normalized spacial score (nSPS) is 11.7. The van der Waals surface area contributed by atoms with Gasteiger partial charge in [-0.1, -0.05) is 97.1 Å². The van der Waals surface area contributed by atoms with Gasteiger partial charge in [-0.2, -0.15) is 0 Å². The first-order valence-electron chi connectivity index (χ1n) is 13.4. The standard InChI is InChI=1S/C37H25NO/c1-24-7-6-10-33-30-8-2-4-11-34(30)38(37(24)33)29-20-17-26(18-21-29)25-13-15-27(16-14-25)28-19-22-32-31-9-3-5-12-35(31)39-36(32)23-28/h2-23H,1H3. The summed E-state index contributed by atoms with van der Waals surface area (Å²) in [5, 5.41) is 4.90. The molecule has 8 rings (SSSR count). The predicted octanol–water partition coefficient (Wildman–Crippen LogP) is 10.3. The third kappa shape index (κ3) is 3.42. The number of benzene rings is 6. The lowest BCUT2D eigenvalue weighted by Gasteiger charge is -2.11. The highest BCUT2D eigenvalue weighted by Crippen LogP contribution is 2.35. The van der Waals surface area contributed by atoms with Gasteiger partial charge in [0.2, 0.25) is 0 Å². The zero-order chi connectivity index (χ0) is 25.9. The summed E-state index contributed by atoms with van der Waals surface area (Å²) in [4.78, 5) is 0. The lowest BCUT2D eigenvalue weighted by atomic mass is 9.99. The smallest absolute Gasteiger partial charge is 0.136 e. The Morgan fingerprint density at radius 2 is 1.05 bits per heavy atom. The minimum absolute atomic E-state index is 0.925. The van der Waals surface area contributed by atoms with Crippen molar-refractivity contribution in [2.45, 2.75) is 6.92 Å². The van der Waals surface area contributed by atoms with E-state index in [0.717, 1.165) is 27.5 Å². The zero-order valence-corrected chi connectivity index (χ0v) is 21.6. The number of hydrogen-bond donors (Lipinski definition) is 0. The van der Waals surface area contributed by atoms with Gasteiger partial charge in [-0.15, -0.1) is 0 Å². The monoisotopic (exact) mass is 499 g/mol. The molecule has 0 atom stereocenters. The largest absolute Gasteiger partial charge is 0.456 e. The minimum Gasteiger partial charge on any atom is -0.456 e. The Balaban J connectivity index is 1.15. The van der Waals surface area contributed by atoms with Crippen LogP contribution in [0.4, 0.5) is 0 Å². The fraction of sp³-hybridized carbons (Fsp3) is 0.0270. The first kappa shape index (κ1) is 22.0. The molecule has 0 saturated heterocycles. The molecule has 184 valence electrons. The van der Waals surface area contributed by atoms with Crippen LogP contribution < -0.4 is 0 Å². The molecule has 0 aliphatic rings. The Bertz CT molecular complexity index is 2160. The van der Waals surface area contributed by atoms with Crippen LogP contribution in [-0.2, 0) is 0 Å². The topological polar surface area (TPSA) is 18.1 Å². The molecule has 0 fully saturated rings. The maximum Gasteiger partial charge on any atom is 0.136 e. The average molecular weight is 500 g/mol. The zero-order valence-electron chi connectivity index (χ0n) is 21.6. The second kappa shape index (κ2) is 8.47. The lowest BCUT2D eigenvalue weighted by molar-refractivity contribution is 0.669. The van der Waals surface area contributed by atoms with Gasteiger partial charge in [0, 0.05) is 27.2 Å². The van der Waals surface area contributed by atoms with Crippen molar-refractivity contribution in [1.82, 2.24) is 4.57 Å². The third-order valence-electron chi connectivity index (χ3n) is 7.95. The van der Waals surface area contributed by atoms with E-state index in [4.69, 9.17) is 4.42 Å². The predicted molar refractivity (Wildman–Crippen MR) is 164 cm³/mol. The fourth-order valence-electron chi connectivity index (χ4n) is 6.02. The Kier molecular flexibility index (Phi) is 4.77. The molecule has 0 saturated carbocycles. The quantitative estimate of drug-likeness (QED) is 0.236. The molecule has 0 amide bonds. The number of para-hydroxylation sites is 3. The van der Waals surface area contributed by atoms with E-state index in [9.17, 15) is 0 Å². The van der Waals surface area contributed by atoms with Gasteiger partial charge in [-0.05, 0) is 71.1 Å². The molecular weight excluding hydrogens is 474 g/mol. The summed E-state index contributed by atoms with van der Waals surface area (Å²) in [6, 6.07) is 47.7. The summed E-state index contributed by atoms with van der Waals surface area (Å²) >= 11 is 0. The number of aryl methyl sites for hydroxylation is 1. The molecule has 0 aliphatic carbocycles. The number of rotatable bonds is 3. The third-order valence-corrected chi connectivity index (χ3v) is 7.95. The lowest BCUT2D eigenvalue weighted by Crippen LogP contribution is -1.95. The van der Waals surface area contributed by atoms with Crippen LogP contribution in [0.5, 0.6) is 0 Å². The number of nitrogens with zero attached hydrogens (tertiary/aromatic N) is 1. The van der Waals surface area contributed by atoms with Gasteiger partial charge >= 0.3 is 0 Å². The van der Waals surface area contributed by atoms with E-state index in [0.29, 0.717) is 0 Å². The molecule has 2 aromatic heterocycles. The van der Waals surface area contributed by atoms with Gasteiger partial charge < -0.3 is 8.98 Å². The molecule has 2 heteroatoms. The molecule has 0 N–H and O–H groups in total. The highest BCUT2D eigenvalue weighted by atomic mass is 16.3. The van der Waals surface area contributed by atoms with Crippen LogP contribution in [0.15, 0.2) is 138 Å². The summed E-state index contributed by atoms with van der Waals surface area (Å²) < 4.78 is 8.50. The average Bonchev–Trinajstić information content (AvgIpc) is 3.54. The van der Waals surface area contributed by atoms with Crippen molar-refractivity contribution in [3.63, 3.8) is 0 Å². The molecular formula is C37H25NO. The molecule has 8 aromatic rings. The molecule has 0 aliphatic heterocycles. The maximum absolute atomic E-state index is 6.11. The van der Waals surface area contributed by atoms with Gasteiger partial charge in [-0.25, -0.2) is 0 Å². The van der Waals surface area contributed by atoms with E-state index in [2.05, 4.69) is 133 Å². The summed E-state index contributed by atoms with van der Waals surface area (Å²) in [6.07, 6.45) is 0. The highest BCUT2D eigenvalue weighted by Gasteiger charge is 2.14. The van der Waals surface area contributed by atoms with Gasteiger partial charge in [0.15, 0.2) is 0 Å². The van der Waals surface area contributed by atoms with Crippen molar-refractivity contribution in [3.8, 4) is 27.9 Å². The van der Waals surface area contributed by atoms with Crippen molar-refractivity contribution in [2.75, 3.05) is 0 Å². The molecule has 0 spiro atoms. The van der Waals surface area contributed by atoms with Crippen LogP contribution in [0.1, 0.15) is 5.56 Å². The van der Waals surface area contributed by atoms with E-state index >= 15 is 0 Å². The van der Waals surface area contributed by atoms with E-state index < -0.39 is 0 Å².